The highest BCUT2D eigenvalue weighted by molar-refractivity contribution is 6.30. The van der Waals surface area contributed by atoms with Crippen molar-refractivity contribution in [2.24, 2.45) is 0 Å². The molecule has 0 radical (unpaired) electrons. The number of nitrogens with zero attached hydrogens (tertiary/aromatic N) is 1. The van der Waals surface area contributed by atoms with E-state index in [2.05, 4.69) is 28.6 Å². The predicted octanol–water partition coefficient (Wildman–Crippen LogP) is 4.52. The van der Waals surface area contributed by atoms with E-state index in [1.54, 1.807) is 6.20 Å². The summed E-state index contributed by atoms with van der Waals surface area (Å²) in [6.07, 6.45) is 5.02. The number of aromatic nitrogens is 1. The van der Waals surface area contributed by atoms with Crippen molar-refractivity contribution in [2.45, 2.75) is 32.6 Å². The third-order valence-electron chi connectivity index (χ3n) is 3.41. The normalized spacial score (nSPS) is 10.3. The Morgan fingerprint density at radius 2 is 2.13 bits per heavy atom. The molecule has 122 valence electrons. The van der Waals surface area contributed by atoms with Crippen LogP contribution in [0.2, 0.25) is 5.02 Å². The van der Waals surface area contributed by atoms with E-state index in [4.69, 9.17) is 11.6 Å². The van der Waals surface area contributed by atoms with Gasteiger partial charge in [0.1, 0.15) is 5.82 Å². The minimum atomic E-state index is 0.0373. The lowest BCUT2D eigenvalue weighted by Gasteiger charge is -2.08. The van der Waals surface area contributed by atoms with Crippen LogP contribution in [0.15, 0.2) is 42.6 Å². The van der Waals surface area contributed by atoms with E-state index < -0.39 is 0 Å². The number of amides is 1. The maximum atomic E-state index is 11.6. The molecular formula is C18H22ClN3O. The molecule has 2 N–H and O–H groups in total. The summed E-state index contributed by atoms with van der Waals surface area (Å²) in [5, 5.41) is 6.86. The fourth-order valence-corrected chi connectivity index (χ4v) is 2.37. The first kappa shape index (κ1) is 17.3. The Hall–Kier alpha value is -2.07. The maximum Gasteiger partial charge on any atom is 0.224 e. The number of carbonyl (C=O) groups excluding carboxylic acids is 1. The summed E-state index contributed by atoms with van der Waals surface area (Å²) in [5.74, 6) is 0.828. The molecule has 1 amide bonds. The van der Waals surface area contributed by atoms with Gasteiger partial charge in [-0.3, -0.25) is 4.79 Å². The van der Waals surface area contributed by atoms with Gasteiger partial charge < -0.3 is 10.6 Å². The number of pyridine rings is 1. The summed E-state index contributed by atoms with van der Waals surface area (Å²) in [7, 11) is 0. The van der Waals surface area contributed by atoms with Gasteiger partial charge in [-0.2, -0.15) is 0 Å². The molecule has 0 atom stereocenters. The highest BCUT2D eigenvalue weighted by Crippen LogP contribution is 2.13. The summed E-state index contributed by atoms with van der Waals surface area (Å²) in [6, 6.07) is 11.6. The molecular weight excluding hydrogens is 310 g/mol. The lowest BCUT2D eigenvalue weighted by molar-refractivity contribution is -0.116. The zero-order chi connectivity index (χ0) is 16.5. The van der Waals surface area contributed by atoms with Gasteiger partial charge in [-0.25, -0.2) is 4.98 Å². The molecule has 0 unspecified atom stereocenters. The summed E-state index contributed by atoms with van der Waals surface area (Å²) in [5.41, 5.74) is 1.91. The second kappa shape index (κ2) is 9.16. The molecule has 2 rings (SSSR count). The van der Waals surface area contributed by atoms with Crippen LogP contribution in [0.1, 0.15) is 31.7 Å². The highest BCUT2D eigenvalue weighted by Gasteiger charge is 2.02. The molecule has 0 fully saturated rings. The third-order valence-corrected chi connectivity index (χ3v) is 3.65. The molecule has 0 saturated heterocycles. The zero-order valence-electron chi connectivity index (χ0n) is 13.3. The molecule has 2 aromatic rings. The van der Waals surface area contributed by atoms with Gasteiger partial charge in [-0.1, -0.05) is 37.1 Å². The van der Waals surface area contributed by atoms with E-state index in [0.29, 0.717) is 6.42 Å². The summed E-state index contributed by atoms with van der Waals surface area (Å²) in [4.78, 5) is 16.0. The van der Waals surface area contributed by atoms with Crippen molar-refractivity contribution in [3.8, 4) is 0 Å². The number of hydrogen-bond acceptors (Lipinski definition) is 3. The zero-order valence-corrected chi connectivity index (χ0v) is 14.1. The Labute approximate surface area is 142 Å². The summed E-state index contributed by atoms with van der Waals surface area (Å²) < 4.78 is 0. The van der Waals surface area contributed by atoms with Gasteiger partial charge in [0, 0.05) is 18.0 Å². The Bertz CT molecular complexity index is 628. The molecule has 0 bridgehead atoms. The van der Waals surface area contributed by atoms with E-state index in [9.17, 15) is 4.79 Å². The van der Waals surface area contributed by atoms with Gasteiger partial charge >= 0.3 is 0 Å². The SMILES string of the molecule is CCCCC(=O)Nc1ccc(NCCc2cccc(Cl)c2)nc1. The van der Waals surface area contributed by atoms with E-state index in [1.807, 2.05) is 30.3 Å². The van der Waals surface area contributed by atoms with Crippen molar-refractivity contribution in [1.82, 2.24) is 4.98 Å². The molecule has 23 heavy (non-hydrogen) atoms. The van der Waals surface area contributed by atoms with E-state index in [1.165, 1.54) is 5.56 Å². The monoisotopic (exact) mass is 331 g/mol. The van der Waals surface area contributed by atoms with Crippen molar-refractivity contribution in [2.75, 3.05) is 17.2 Å². The summed E-state index contributed by atoms with van der Waals surface area (Å²) >= 11 is 5.96. The second-order valence-corrected chi connectivity index (χ2v) is 5.83. The number of carbonyl (C=O) groups is 1. The smallest absolute Gasteiger partial charge is 0.224 e. The molecule has 5 heteroatoms. The first-order valence-electron chi connectivity index (χ1n) is 7.91. The average molecular weight is 332 g/mol. The summed E-state index contributed by atoms with van der Waals surface area (Å²) in [6.45, 7) is 2.84. The fourth-order valence-electron chi connectivity index (χ4n) is 2.16. The Kier molecular flexibility index (Phi) is 6.88. The third kappa shape index (κ3) is 6.28. The standard InChI is InChI=1S/C18H22ClN3O/c1-2-3-7-18(23)22-16-8-9-17(21-13-16)20-11-10-14-5-4-6-15(19)12-14/h4-6,8-9,12-13H,2-3,7,10-11H2,1H3,(H,20,21)(H,22,23). The number of benzene rings is 1. The fraction of sp³-hybridized carbons (Fsp3) is 0.333. The molecule has 1 aromatic heterocycles. The lowest BCUT2D eigenvalue weighted by Crippen LogP contribution is -2.11. The van der Waals surface area contributed by atoms with Crippen LogP contribution in [-0.4, -0.2) is 17.4 Å². The van der Waals surface area contributed by atoms with Crippen LogP contribution >= 0.6 is 11.6 Å². The molecule has 4 nitrogen and oxygen atoms in total. The van der Waals surface area contributed by atoms with Crippen molar-refractivity contribution < 1.29 is 4.79 Å². The first-order valence-corrected chi connectivity index (χ1v) is 8.29. The van der Waals surface area contributed by atoms with E-state index in [0.717, 1.165) is 42.3 Å². The van der Waals surface area contributed by atoms with Crippen LogP contribution in [0.3, 0.4) is 0 Å². The second-order valence-electron chi connectivity index (χ2n) is 5.39. The number of rotatable bonds is 8. The number of anilines is 2. The number of nitrogens with one attached hydrogen (secondary N) is 2. The number of halogens is 1. The first-order chi connectivity index (χ1) is 11.2. The molecule has 0 aliphatic rings. The van der Waals surface area contributed by atoms with Gasteiger partial charge in [0.05, 0.1) is 11.9 Å². The van der Waals surface area contributed by atoms with E-state index >= 15 is 0 Å². The van der Waals surface area contributed by atoms with Crippen LogP contribution in [0.5, 0.6) is 0 Å². The molecule has 0 saturated carbocycles. The predicted molar refractivity (Wildman–Crippen MR) is 96.0 cm³/mol. The molecule has 1 heterocycles. The molecule has 1 aromatic carbocycles. The Morgan fingerprint density at radius 3 is 2.83 bits per heavy atom. The minimum Gasteiger partial charge on any atom is -0.370 e. The van der Waals surface area contributed by atoms with Gasteiger partial charge in [-0.15, -0.1) is 0 Å². The van der Waals surface area contributed by atoms with Crippen molar-refractivity contribution in [3.63, 3.8) is 0 Å². The molecule has 0 aliphatic heterocycles. The van der Waals surface area contributed by atoms with Crippen LogP contribution in [0.25, 0.3) is 0 Å². The van der Waals surface area contributed by atoms with Crippen LogP contribution in [-0.2, 0) is 11.2 Å². The van der Waals surface area contributed by atoms with Crippen molar-refractivity contribution in [1.29, 1.82) is 0 Å². The topological polar surface area (TPSA) is 54.0 Å². The Balaban J connectivity index is 1.77. The van der Waals surface area contributed by atoms with Crippen LogP contribution in [0.4, 0.5) is 11.5 Å². The minimum absolute atomic E-state index is 0.0373. The average Bonchev–Trinajstić information content (AvgIpc) is 2.55. The lowest BCUT2D eigenvalue weighted by atomic mass is 10.1. The van der Waals surface area contributed by atoms with Gasteiger partial charge in [-0.05, 0) is 42.7 Å². The van der Waals surface area contributed by atoms with Gasteiger partial charge in [0.25, 0.3) is 0 Å². The quantitative estimate of drug-likeness (QED) is 0.747. The van der Waals surface area contributed by atoms with Crippen molar-refractivity contribution in [3.05, 3.63) is 53.2 Å². The maximum absolute atomic E-state index is 11.6. The van der Waals surface area contributed by atoms with Crippen LogP contribution < -0.4 is 10.6 Å². The molecule has 0 spiro atoms. The Morgan fingerprint density at radius 1 is 1.26 bits per heavy atom. The highest BCUT2D eigenvalue weighted by atomic mass is 35.5. The number of hydrogen-bond donors (Lipinski definition) is 2. The van der Waals surface area contributed by atoms with Crippen molar-refractivity contribution >= 4 is 29.0 Å². The largest absolute Gasteiger partial charge is 0.370 e. The van der Waals surface area contributed by atoms with E-state index in [-0.39, 0.29) is 5.91 Å². The van der Waals surface area contributed by atoms with Crippen LogP contribution in [0, 0.1) is 0 Å². The van der Waals surface area contributed by atoms with Gasteiger partial charge in [0.15, 0.2) is 0 Å². The molecule has 0 aliphatic carbocycles. The van der Waals surface area contributed by atoms with Gasteiger partial charge in [0.2, 0.25) is 5.91 Å². The number of unbranched alkanes of at least 4 members (excludes halogenated alkanes) is 1.